The zero-order chi connectivity index (χ0) is 23.9. The van der Waals surface area contributed by atoms with E-state index in [-0.39, 0.29) is 23.5 Å². The topological polar surface area (TPSA) is 69.7 Å². The maximum atomic E-state index is 13.6. The van der Waals surface area contributed by atoms with Crippen molar-refractivity contribution in [2.75, 3.05) is 47.8 Å². The van der Waals surface area contributed by atoms with Gasteiger partial charge in [0.1, 0.15) is 5.82 Å². The number of carbonyl (C=O) groups excluding carboxylic acids is 1. The average Bonchev–Trinajstić information content (AvgIpc) is 2.93. The Bertz CT molecular complexity index is 1200. The van der Waals surface area contributed by atoms with E-state index in [4.69, 9.17) is 0 Å². The molecule has 1 saturated heterocycles. The molecule has 0 radical (unpaired) electrons. The van der Waals surface area contributed by atoms with Crippen LogP contribution in [-0.4, -0.2) is 63.3 Å². The van der Waals surface area contributed by atoms with E-state index in [1.54, 1.807) is 0 Å². The second kappa shape index (κ2) is 9.51. The second-order valence-corrected chi connectivity index (χ2v) is 12.3. The van der Waals surface area contributed by atoms with E-state index in [0.717, 1.165) is 44.9 Å². The number of sulfonamides is 1. The third-order valence-corrected chi connectivity index (χ3v) is 8.76. The Morgan fingerprint density at radius 2 is 2.09 bits per heavy atom. The number of anilines is 2. The van der Waals surface area contributed by atoms with Gasteiger partial charge in [-0.1, -0.05) is 12.1 Å². The van der Waals surface area contributed by atoms with E-state index in [1.165, 1.54) is 40.5 Å². The quantitative estimate of drug-likeness (QED) is 0.567. The number of ketones is 1. The summed E-state index contributed by atoms with van der Waals surface area (Å²) in [6, 6.07) is 10.9. The summed E-state index contributed by atoms with van der Waals surface area (Å²) in [6.07, 6.45) is 4.30. The predicted molar refractivity (Wildman–Crippen MR) is 135 cm³/mol. The lowest BCUT2D eigenvalue weighted by Crippen LogP contribution is -2.46. The van der Waals surface area contributed by atoms with Gasteiger partial charge in [0.15, 0.2) is 5.78 Å². The van der Waals surface area contributed by atoms with Gasteiger partial charge in [-0.3, -0.25) is 9.52 Å². The maximum Gasteiger partial charge on any atom is 0.229 e. The molecular formula is C25H30FN3O3S2. The smallest absolute Gasteiger partial charge is 0.229 e. The summed E-state index contributed by atoms with van der Waals surface area (Å²) in [5.41, 5.74) is 3.15. The van der Waals surface area contributed by atoms with E-state index in [1.807, 2.05) is 11.8 Å². The number of Topliss-reactive ketones (excluding diaryl/α,β-unsaturated/α-hetero) is 1. The summed E-state index contributed by atoms with van der Waals surface area (Å²) in [6.45, 7) is 3.95. The van der Waals surface area contributed by atoms with Gasteiger partial charge in [0.2, 0.25) is 10.0 Å². The standard InChI is InChI=1S/C25H30FN3O3S2/c1-34(31,32)27-21-15-17(26)8-9-19(21)23(30)6-3-11-28-13-10-22-20(16-28)18-5-2-7-24-25(18)29(22)12-4-14-33-24/h2,5,7-9,15,20,22,27H,3-4,6,10-14,16H2,1H3/t20-,22-/m1/s1. The van der Waals surface area contributed by atoms with Crippen LogP contribution in [0.15, 0.2) is 41.3 Å². The Balaban J connectivity index is 1.22. The van der Waals surface area contributed by atoms with Gasteiger partial charge < -0.3 is 9.80 Å². The highest BCUT2D eigenvalue weighted by molar-refractivity contribution is 7.99. The van der Waals surface area contributed by atoms with Gasteiger partial charge in [-0.25, -0.2) is 12.8 Å². The molecule has 3 aliphatic heterocycles. The Kier molecular flexibility index (Phi) is 6.61. The number of halogens is 1. The summed E-state index contributed by atoms with van der Waals surface area (Å²) in [5, 5.41) is 0. The number of likely N-dealkylation sites (tertiary alicyclic amines) is 1. The van der Waals surface area contributed by atoms with E-state index in [9.17, 15) is 17.6 Å². The van der Waals surface area contributed by atoms with Gasteiger partial charge in [0.25, 0.3) is 0 Å². The summed E-state index contributed by atoms with van der Waals surface area (Å²) in [4.78, 5) is 19.3. The normalized spacial score (nSPS) is 22.1. The molecule has 5 rings (SSSR count). The van der Waals surface area contributed by atoms with Crippen molar-refractivity contribution in [3.05, 3.63) is 53.3 Å². The molecule has 6 nitrogen and oxygen atoms in total. The van der Waals surface area contributed by atoms with Crippen molar-refractivity contribution in [1.29, 1.82) is 0 Å². The van der Waals surface area contributed by atoms with Crippen molar-refractivity contribution in [2.45, 2.75) is 42.5 Å². The lowest BCUT2D eigenvalue weighted by Gasteiger charge is -2.39. The van der Waals surface area contributed by atoms with Crippen molar-refractivity contribution >= 4 is 38.9 Å². The first kappa shape index (κ1) is 23.6. The number of hydrogen-bond acceptors (Lipinski definition) is 6. The monoisotopic (exact) mass is 503 g/mol. The molecule has 3 aliphatic rings. The molecule has 0 unspecified atom stereocenters. The van der Waals surface area contributed by atoms with Crippen LogP contribution in [0.2, 0.25) is 0 Å². The minimum atomic E-state index is -3.61. The maximum absolute atomic E-state index is 13.6. The van der Waals surface area contributed by atoms with Crippen molar-refractivity contribution < 1.29 is 17.6 Å². The lowest BCUT2D eigenvalue weighted by molar-refractivity contribution is 0.0972. The van der Waals surface area contributed by atoms with Crippen molar-refractivity contribution in [3.8, 4) is 0 Å². The number of para-hydroxylation sites is 1. The molecule has 3 heterocycles. The number of piperidine rings is 1. The number of hydrogen-bond donors (Lipinski definition) is 1. The van der Waals surface area contributed by atoms with E-state index < -0.39 is 15.8 Å². The number of fused-ring (bicyclic) bond motifs is 3. The summed E-state index contributed by atoms with van der Waals surface area (Å²) >= 11 is 1.97. The van der Waals surface area contributed by atoms with Crippen LogP contribution in [0.3, 0.4) is 0 Å². The summed E-state index contributed by atoms with van der Waals surface area (Å²) in [5.74, 6) is 0.917. The van der Waals surface area contributed by atoms with Crippen molar-refractivity contribution in [2.24, 2.45) is 0 Å². The Morgan fingerprint density at radius 3 is 2.91 bits per heavy atom. The largest absolute Gasteiger partial charge is 0.367 e. The number of nitrogens with zero attached hydrogens (tertiary/aromatic N) is 2. The fourth-order valence-electron chi connectivity index (χ4n) is 5.65. The van der Waals surface area contributed by atoms with E-state index >= 15 is 0 Å². The van der Waals surface area contributed by atoms with Crippen molar-refractivity contribution in [1.82, 2.24) is 4.90 Å². The molecule has 2 aromatic rings. The molecule has 0 bridgehead atoms. The van der Waals surface area contributed by atoms with Gasteiger partial charge in [-0.2, -0.15) is 0 Å². The van der Waals surface area contributed by atoms with Gasteiger partial charge in [-0.05, 0) is 61.4 Å². The molecule has 0 amide bonds. The van der Waals surface area contributed by atoms with Gasteiger partial charge >= 0.3 is 0 Å². The van der Waals surface area contributed by atoms with Crippen LogP contribution < -0.4 is 9.62 Å². The molecule has 182 valence electrons. The van der Waals surface area contributed by atoms with Gasteiger partial charge in [0.05, 0.1) is 17.6 Å². The highest BCUT2D eigenvalue weighted by atomic mass is 32.2. The third kappa shape index (κ3) is 4.83. The highest BCUT2D eigenvalue weighted by Crippen LogP contribution is 2.50. The molecule has 2 atom stereocenters. The van der Waals surface area contributed by atoms with E-state index in [2.05, 4.69) is 32.7 Å². The van der Waals surface area contributed by atoms with Crippen LogP contribution in [-0.2, 0) is 10.0 Å². The summed E-state index contributed by atoms with van der Waals surface area (Å²) in [7, 11) is -3.61. The number of rotatable bonds is 7. The minimum Gasteiger partial charge on any atom is -0.367 e. The molecule has 34 heavy (non-hydrogen) atoms. The van der Waals surface area contributed by atoms with Crippen molar-refractivity contribution in [3.63, 3.8) is 0 Å². The molecule has 0 aromatic heterocycles. The molecule has 0 aliphatic carbocycles. The average molecular weight is 504 g/mol. The zero-order valence-electron chi connectivity index (χ0n) is 19.3. The molecule has 2 aromatic carbocycles. The first-order valence-electron chi connectivity index (χ1n) is 11.9. The molecular weight excluding hydrogens is 473 g/mol. The number of nitrogens with one attached hydrogen (secondary N) is 1. The fourth-order valence-corrected chi connectivity index (χ4v) is 7.26. The van der Waals surface area contributed by atoms with Crippen LogP contribution in [0.25, 0.3) is 0 Å². The third-order valence-electron chi connectivity index (χ3n) is 7.03. The van der Waals surface area contributed by atoms with Crippen LogP contribution >= 0.6 is 11.8 Å². The number of benzene rings is 2. The Morgan fingerprint density at radius 1 is 1.24 bits per heavy atom. The first-order chi connectivity index (χ1) is 16.3. The number of carbonyl (C=O) groups is 1. The van der Waals surface area contributed by atoms with Gasteiger partial charge in [-0.15, -0.1) is 11.8 Å². The minimum absolute atomic E-state index is 0.00563. The first-order valence-corrected chi connectivity index (χ1v) is 14.7. The summed E-state index contributed by atoms with van der Waals surface area (Å²) < 4.78 is 39.1. The highest BCUT2D eigenvalue weighted by Gasteiger charge is 2.43. The molecule has 0 spiro atoms. The molecule has 0 saturated carbocycles. The van der Waals surface area contributed by atoms with Crippen LogP contribution in [0, 0.1) is 5.82 Å². The number of thioether (sulfide) groups is 1. The molecule has 1 N–H and O–H groups in total. The SMILES string of the molecule is CS(=O)(=O)Nc1cc(F)ccc1C(=O)CCCN1CC[C@@H]2[C@H](C1)c1cccc3c1N2CCCS3. The zero-order valence-corrected chi connectivity index (χ0v) is 20.9. The van der Waals surface area contributed by atoms with Crippen LogP contribution in [0.1, 0.15) is 47.5 Å². The van der Waals surface area contributed by atoms with Crippen LogP contribution in [0.4, 0.5) is 15.8 Å². The fraction of sp³-hybridized carbons (Fsp3) is 0.480. The second-order valence-electron chi connectivity index (χ2n) is 9.44. The lowest BCUT2D eigenvalue weighted by atomic mass is 9.89. The molecule has 1 fully saturated rings. The van der Waals surface area contributed by atoms with E-state index in [0.29, 0.717) is 18.4 Å². The molecule has 9 heteroatoms. The Hall–Kier alpha value is -2.10. The Labute approximate surface area is 204 Å². The van der Waals surface area contributed by atoms with Gasteiger partial charge in [0, 0.05) is 48.5 Å². The van der Waals surface area contributed by atoms with Crippen LogP contribution in [0.5, 0.6) is 0 Å². The predicted octanol–water partition coefficient (Wildman–Crippen LogP) is 4.33.